The maximum atomic E-state index is 11.8. The Kier molecular flexibility index (Phi) is 3.25. The molecule has 16 heavy (non-hydrogen) atoms. The third-order valence-electron chi connectivity index (χ3n) is 3.06. The van der Waals surface area contributed by atoms with E-state index >= 15 is 0 Å². The summed E-state index contributed by atoms with van der Waals surface area (Å²) in [5, 5.41) is 11.6. The third-order valence-corrected chi connectivity index (χ3v) is 3.06. The van der Waals surface area contributed by atoms with E-state index in [-0.39, 0.29) is 18.4 Å². The van der Waals surface area contributed by atoms with Gasteiger partial charge in [0.1, 0.15) is 0 Å². The van der Waals surface area contributed by atoms with E-state index in [2.05, 4.69) is 11.4 Å². The highest BCUT2D eigenvalue weighted by Gasteiger charge is 2.29. The minimum absolute atomic E-state index is 0.0264. The molecule has 0 bridgehead atoms. The van der Waals surface area contributed by atoms with Gasteiger partial charge in [0.15, 0.2) is 0 Å². The highest BCUT2D eigenvalue weighted by molar-refractivity contribution is 6.02. The van der Waals surface area contributed by atoms with Crippen LogP contribution in [0, 0.1) is 6.92 Å². The Morgan fingerprint density at radius 1 is 1.38 bits per heavy atom. The molecule has 3 heteroatoms. The number of aryl methyl sites for hydroxylation is 1. The number of aliphatic hydroxyl groups is 1. The number of aliphatic hydroxyl groups excluding tert-OH is 1. The van der Waals surface area contributed by atoms with Crippen molar-refractivity contribution in [2.45, 2.75) is 32.1 Å². The van der Waals surface area contributed by atoms with E-state index in [9.17, 15) is 4.79 Å². The summed E-state index contributed by atoms with van der Waals surface area (Å²) in [7, 11) is 0. The summed E-state index contributed by atoms with van der Waals surface area (Å²) in [6.07, 6.45) is 2.48. The summed E-state index contributed by atoms with van der Waals surface area (Å²) in [5.74, 6) is 0.0694. The second-order valence-electron chi connectivity index (χ2n) is 4.35. The van der Waals surface area contributed by atoms with Gasteiger partial charge in [-0.05, 0) is 31.4 Å². The lowest BCUT2D eigenvalue weighted by molar-refractivity contribution is -0.117. The van der Waals surface area contributed by atoms with E-state index in [1.807, 2.05) is 19.1 Å². The second-order valence-corrected chi connectivity index (χ2v) is 4.35. The van der Waals surface area contributed by atoms with Crippen LogP contribution in [0.3, 0.4) is 0 Å². The molecule has 86 valence electrons. The molecule has 3 nitrogen and oxygen atoms in total. The maximum absolute atomic E-state index is 11.8. The van der Waals surface area contributed by atoms with E-state index in [0.29, 0.717) is 0 Å². The summed E-state index contributed by atoms with van der Waals surface area (Å²) in [6, 6.07) is 6.06. The van der Waals surface area contributed by atoms with Crippen LogP contribution in [-0.4, -0.2) is 17.6 Å². The molecule has 0 saturated carbocycles. The normalized spacial score (nSPS) is 18.4. The monoisotopic (exact) mass is 219 g/mol. The van der Waals surface area contributed by atoms with Gasteiger partial charge < -0.3 is 10.4 Å². The molecule has 0 aliphatic carbocycles. The largest absolute Gasteiger partial charge is 0.396 e. The summed E-state index contributed by atoms with van der Waals surface area (Å²) in [4.78, 5) is 11.8. The zero-order valence-electron chi connectivity index (χ0n) is 9.49. The lowest BCUT2D eigenvalue weighted by atomic mass is 9.94. The van der Waals surface area contributed by atoms with Crippen LogP contribution in [0.5, 0.6) is 0 Å². The molecule has 1 aliphatic rings. The Hall–Kier alpha value is -1.35. The Morgan fingerprint density at radius 3 is 2.94 bits per heavy atom. The number of rotatable bonds is 4. The van der Waals surface area contributed by atoms with Crippen LogP contribution in [0.1, 0.15) is 36.3 Å². The van der Waals surface area contributed by atoms with Crippen molar-refractivity contribution in [3.8, 4) is 0 Å². The van der Waals surface area contributed by atoms with E-state index in [4.69, 9.17) is 5.11 Å². The van der Waals surface area contributed by atoms with Crippen LogP contribution in [0.15, 0.2) is 18.2 Å². The number of amides is 1. The SMILES string of the molecule is Cc1ccc2c(c1)C(CCCCO)C(=O)N2. The maximum Gasteiger partial charge on any atom is 0.232 e. The molecule has 0 aromatic heterocycles. The first-order valence-electron chi connectivity index (χ1n) is 5.74. The van der Waals surface area contributed by atoms with Crippen LogP contribution >= 0.6 is 0 Å². The molecule has 2 rings (SSSR count). The second kappa shape index (κ2) is 4.66. The lowest BCUT2D eigenvalue weighted by Crippen LogP contribution is -2.12. The van der Waals surface area contributed by atoms with E-state index in [1.165, 1.54) is 5.56 Å². The van der Waals surface area contributed by atoms with Crippen molar-refractivity contribution in [1.29, 1.82) is 0 Å². The lowest BCUT2D eigenvalue weighted by Gasteiger charge is -2.08. The quantitative estimate of drug-likeness (QED) is 0.763. The number of unbranched alkanes of at least 4 members (excludes halogenated alkanes) is 1. The molecule has 1 atom stereocenters. The predicted octanol–water partition coefficient (Wildman–Crippen LogP) is 2.19. The highest BCUT2D eigenvalue weighted by atomic mass is 16.2. The standard InChI is InChI=1S/C13H17NO2/c1-9-5-6-12-11(8-9)10(13(16)14-12)4-2-3-7-15/h5-6,8,10,15H,2-4,7H2,1H3,(H,14,16). The molecule has 1 amide bonds. The number of carbonyl (C=O) groups excluding carboxylic acids is 1. The Labute approximate surface area is 95.5 Å². The van der Waals surface area contributed by atoms with Crippen molar-refractivity contribution in [3.05, 3.63) is 29.3 Å². The summed E-state index contributed by atoms with van der Waals surface area (Å²) in [5.41, 5.74) is 3.25. The number of hydrogen-bond acceptors (Lipinski definition) is 2. The number of hydrogen-bond donors (Lipinski definition) is 2. The third kappa shape index (κ3) is 2.09. The van der Waals surface area contributed by atoms with E-state index in [1.54, 1.807) is 0 Å². The minimum atomic E-state index is -0.0264. The van der Waals surface area contributed by atoms with Gasteiger partial charge in [0.05, 0.1) is 5.92 Å². The van der Waals surface area contributed by atoms with Gasteiger partial charge in [0.2, 0.25) is 5.91 Å². The molecule has 0 saturated heterocycles. The molecule has 1 aromatic carbocycles. The molecule has 1 aromatic rings. The van der Waals surface area contributed by atoms with E-state index < -0.39 is 0 Å². The van der Waals surface area contributed by atoms with E-state index in [0.717, 1.165) is 30.5 Å². The molecule has 0 fully saturated rings. The summed E-state index contributed by atoms with van der Waals surface area (Å²) < 4.78 is 0. The van der Waals surface area contributed by atoms with Crippen molar-refractivity contribution in [2.75, 3.05) is 11.9 Å². The summed E-state index contributed by atoms with van der Waals surface area (Å²) >= 11 is 0. The fourth-order valence-corrected chi connectivity index (χ4v) is 2.19. The van der Waals surface area contributed by atoms with Gasteiger partial charge in [0, 0.05) is 12.3 Å². The van der Waals surface area contributed by atoms with Gasteiger partial charge in [0.25, 0.3) is 0 Å². The molecule has 1 aliphatic heterocycles. The Morgan fingerprint density at radius 2 is 2.19 bits per heavy atom. The topological polar surface area (TPSA) is 49.3 Å². The van der Waals surface area contributed by atoms with Gasteiger partial charge in [-0.1, -0.05) is 24.1 Å². The Balaban J connectivity index is 2.15. The van der Waals surface area contributed by atoms with Crippen molar-refractivity contribution >= 4 is 11.6 Å². The van der Waals surface area contributed by atoms with Crippen molar-refractivity contribution in [3.63, 3.8) is 0 Å². The molecule has 1 unspecified atom stereocenters. The molecule has 1 heterocycles. The van der Waals surface area contributed by atoms with Crippen molar-refractivity contribution in [2.24, 2.45) is 0 Å². The van der Waals surface area contributed by atoms with Gasteiger partial charge in [-0.3, -0.25) is 4.79 Å². The number of nitrogens with one attached hydrogen (secondary N) is 1. The first-order chi connectivity index (χ1) is 7.72. The van der Waals surface area contributed by atoms with Crippen LogP contribution in [0.25, 0.3) is 0 Å². The van der Waals surface area contributed by atoms with Gasteiger partial charge in [-0.2, -0.15) is 0 Å². The first kappa shape index (κ1) is 11.1. The Bertz CT molecular complexity index is 401. The number of fused-ring (bicyclic) bond motifs is 1. The van der Waals surface area contributed by atoms with Crippen LogP contribution in [-0.2, 0) is 4.79 Å². The fourth-order valence-electron chi connectivity index (χ4n) is 2.19. The number of benzene rings is 1. The zero-order chi connectivity index (χ0) is 11.5. The number of carbonyl (C=O) groups is 1. The molecule has 0 spiro atoms. The highest BCUT2D eigenvalue weighted by Crippen LogP contribution is 2.36. The van der Waals surface area contributed by atoms with Crippen LogP contribution in [0.2, 0.25) is 0 Å². The smallest absolute Gasteiger partial charge is 0.232 e. The molecular formula is C13H17NO2. The number of anilines is 1. The van der Waals surface area contributed by atoms with Crippen LogP contribution < -0.4 is 5.32 Å². The first-order valence-corrected chi connectivity index (χ1v) is 5.74. The predicted molar refractivity (Wildman–Crippen MR) is 63.5 cm³/mol. The summed E-state index contributed by atoms with van der Waals surface area (Å²) in [6.45, 7) is 2.24. The zero-order valence-corrected chi connectivity index (χ0v) is 9.49. The fraction of sp³-hybridized carbons (Fsp3) is 0.462. The minimum Gasteiger partial charge on any atom is -0.396 e. The van der Waals surface area contributed by atoms with Gasteiger partial charge in [-0.25, -0.2) is 0 Å². The average molecular weight is 219 g/mol. The van der Waals surface area contributed by atoms with Gasteiger partial charge in [-0.15, -0.1) is 0 Å². The molecule has 0 radical (unpaired) electrons. The van der Waals surface area contributed by atoms with Crippen molar-refractivity contribution in [1.82, 2.24) is 0 Å². The molecular weight excluding hydrogens is 202 g/mol. The van der Waals surface area contributed by atoms with Gasteiger partial charge >= 0.3 is 0 Å². The van der Waals surface area contributed by atoms with Crippen molar-refractivity contribution < 1.29 is 9.90 Å². The average Bonchev–Trinajstić information content (AvgIpc) is 2.56. The molecule has 2 N–H and O–H groups in total. The van der Waals surface area contributed by atoms with Crippen LogP contribution in [0.4, 0.5) is 5.69 Å².